The molecule has 1 aliphatic rings. The van der Waals surface area contributed by atoms with E-state index >= 15 is 0 Å². The van der Waals surface area contributed by atoms with Gasteiger partial charge in [0.1, 0.15) is 6.07 Å². The second kappa shape index (κ2) is 3.93. The number of hydrogen-bond donors (Lipinski definition) is 0. The van der Waals surface area contributed by atoms with Gasteiger partial charge in [0.05, 0.1) is 18.8 Å². The second-order valence-corrected chi connectivity index (χ2v) is 4.30. The molecule has 0 aliphatic carbocycles. The monoisotopic (exact) mass is 267 g/mol. The van der Waals surface area contributed by atoms with Crippen LogP contribution in [0.1, 0.15) is 18.1 Å². The summed E-state index contributed by atoms with van der Waals surface area (Å²) in [6.45, 7) is 3.09. The van der Waals surface area contributed by atoms with Gasteiger partial charge in [-0.15, -0.1) is 0 Å². The van der Waals surface area contributed by atoms with Gasteiger partial charge < -0.3 is 9.47 Å². The van der Waals surface area contributed by atoms with Crippen LogP contribution in [0.2, 0.25) is 0 Å². The lowest BCUT2D eigenvalue weighted by atomic mass is 10.1. The van der Waals surface area contributed by atoms with E-state index < -0.39 is 5.79 Å². The molecule has 78 valence electrons. The average molecular weight is 268 g/mol. The van der Waals surface area contributed by atoms with Gasteiger partial charge in [0.25, 0.3) is 0 Å². The lowest BCUT2D eigenvalue weighted by Gasteiger charge is -2.22. The van der Waals surface area contributed by atoms with Crippen molar-refractivity contribution in [2.75, 3.05) is 13.2 Å². The lowest BCUT2D eigenvalue weighted by molar-refractivity contribution is -0.149. The van der Waals surface area contributed by atoms with Crippen molar-refractivity contribution in [3.8, 4) is 6.07 Å². The minimum absolute atomic E-state index is 0.605. The van der Waals surface area contributed by atoms with E-state index in [2.05, 4.69) is 22.0 Å². The predicted molar refractivity (Wildman–Crippen MR) is 58.1 cm³/mol. The zero-order chi connectivity index (χ0) is 10.9. The summed E-state index contributed by atoms with van der Waals surface area (Å²) in [4.78, 5) is 0. The lowest BCUT2D eigenvalue weighted by Crippen LogP contribution is -2.22. The number of nitriles is 1. The van der Waals surface area contributed by atoms with Crippen LogP contribution in [0.25, 0.3) is 0 Å². The van der Waals surface area contributed by atoms with Gasteiger partial charge in [0, 0.05) is 10.0 Å². The maximum absolute atomic E-state index is 8.80. The first kappa shape index (κ1) is 10.6. The number of rotatable bonds is 1. The van der Waals surface area contributed by atoms with Gasteiger partial charge in [0.15, 0.2) is 5.79 Å². The molecule has 0 amide bonds. The number of hydrogen-bond acceptors (Lipinski definition) is 3. The molecule has 2 rings (SSSR count). The Morgan fingerprint density at radius 2 is 2.07 bits per heavy atom. The Morgan fingerprint density at radius 1 is 1.40 bits per heavy atom. The van der Waals surface area contributed by atoms with E-state index in [1.54, 1.807) is 6.07 Å². The minimum atomic E-state index is -0.670. The molecular weight excluding hydrogens is 258 g/mol. The maximum atomic E-state index is 8.80. The van der Waals surface area contributed by atoms with E-state index in [1.165, 1.54) is 0 Å². The molecule has 1 aromatic rings. The van der Waals surface area contributed by atoms with Crippen LogP contribution < -0.4 is 0 Å². The molecule has 1 heterocycles. The summed E-state index contributed by atoms with van der Waals surface area (Å²) in [6, 6.07) is 7.58. The van der Waals surface area contributed by atoms with Crippen LogP contribution in [-0.4, -0.2) is 13.2 Å². The second-order valence-electron chi connectivity index (χ2n) is 3.45. The molecule has 1 aliphatic heterocycles. The molecule has 0 spiro atoms. The van der Waals surface area contributed by atoms with Gasteiger partial charge in [0.2, 0.25) is 0 Å². The van der Waals surface area contributed by atoms with E-state index in [0.717, 1.165) is 10.0 Å². The summed E-state index contributed by atoms with van der Waals surface area (Å²) >= 11 is 3.34. The molecule has 0 atom stereocenters. The topological polar surface area (TPSA) is 42.2 Å². The fourth-order valence-electron chi connectivity index (χ4n) is 1.57. The molecule has 0 aromatic heterocycles. The van der Waals surface area contributed by atoms with Crippen molar-refractivity contribution in [2.45, 2.75) is 12.7 Å². The minimum Gasteiger partial charge on any atom is -0.344 e. The Labute approximate surface area is 96.7 Å². The molecular formula is C11H10BrNO2. The number of halogens is 1. The first-order valence-electron chi connectivity index (χ1n) is 4.64. The molecule has 3 nitrogen and oxygen atoms in total. The molecule has 0 N–H and O–H groups in total. The van der Waals surface area contributed by atoms with Crippen molar-refractivity contribution in [3.63, 3.8) is 0 Å². The smallest absolute Gasteiger partial charge is 0.192 e. The van der Waals surface area contributed by atoms with Gasteiger partial charge in [-0.1, -0.05) is 6.07 Å². The van der Waals surface area contributed by atoms with Gasteiger partial charge in [-0.05, 0) is 35.0 Å². The maximum Gasteiger partial charge on any atom is 0.192 e. The molecule has 0 saturated carbocycles. The Morgan fingerprint density at radius 3 is 2.60 bits per heavy atom. The largest absolute Gasteiger partial charge is 0.344 e. The van der Waals surface area contributed by atoms with Crippen LogP contribution in [0.3, 0.4) is 0 Å². The number of nitrogens with zero attached hydrogens (tertiary/aromatic N) is 1. The molecule has 0 bridgehead atoms. The first-order valence-corrected chi connectivity index (χ1v) is 5.43. The SMILES string of the molecule is CC1(c2ccc(C#N)c(Br)c2)OCCO1. The summed E-state index contributed by atoms with van der Waals surface area (Å²) in [5, 5.41) is 8.80. The summed E-state index contributed by atoms with van der Waals surface area (Å²) < 4.78 is 11.8. The quantitative estimate of drug-likeness (QED) is 0.786. The normalized spacial score (nSPS) is 18.7. The standard InChI is InChI=1S/C11H10BrNO2/c1-11(14-4-5-15-11)9-3-2-8(7-13)10(12)6-9/h2-3,6H,4-5H2,1H3. The van der Waals surface area contributed by atoms with Crippen LogP contribution in [0.15, 0.2) is 22.7 Å². The third-order valence-corrected chi connectivity index (χ3v) is 3.11. The van der Waals surface area contributed by atoms with E-state index in [-0.39, 0.29) is 0 Å². The highest BCUT2D eigenvalue weighted by atomic mass is 79.9. The van der Waals surface area contributed by atoms with E-state index in [0.29, 0.717) is 18.8 Å². The Bertz CT molecular complexity index is 419. The Kier molecular flexibility index (Phi) is 2.79. The van der Waals surface area contributed by atoms with E-state index in [4.69, 9.17) is 14.7 Å². The highest BCUT2D eigenvalue weighted by molar-refractivity contribution is 9.10. The molecule has 1 saturated heterocycles. The van der Waals surface area contributed by atoms with Gasteiger partial charge in [-0.3, -0.25) is 0 Å². The molecule has 4 heteroatoms. The van der Waals surface area contributed by atoms with Gasteiger partial charge >= 0.3 is 0 Å². The van der Waals surface area contributed by atoms with Gasteiger partial charge in [-0.25, -0.2) is 0 Å². The van der Waals surface area contributed by atoms with E-state index in [9.17, 15) is 0 Å². The van der Waals surface area contributed by atoms with Crippen molar-refractivity contribution in [2.24, 2.45) is 0 Å². The number of ether oxygens (including phenoxy) is 2. The average Bonchev–Trinajstić information content (AvgIpc) is 2.66. The van der Waals surface area contributed by atoms with Gasteiger partial charge in [-0.2, -0.15) is 5.26 Å². The van der Waals surface area contributed by atoms with E-state index in [1.807, 2.05) is 19.1 Å². The van der Waals surface area contributed by atoms with Crippen molar-refractivity contribution < 1.29 is 9.47 Å². The summed E-state index contributed by atoms with van der Waals surface area (Å²) in [5.41, 5.74) is 1.53. The van der Waals surface area contributed by atoms with Crippen LogP contribution in [0.4, 0.5) is 0 Å². The summed E-state index contributed by atoms with van der Waals surface area (Å²) in [5.74, 6) is -0.670. The Balaban J connectivity index is 2.38. The summed E-state index contributed by atoms with van der Waals surface area (Å²) in [6.07, 6.45) is 0. The predicted octanol–water partition coefficient (Wildman–Crippen LogP) is 2.54. The fourth-order valence-corrected chi connectivity index (χ4v) is 2.04. The van der Waals surface area contributed by atoms with Crippen molar-refractivity contribution in [1.29, 1.82) is 5.26 Å². The zero-order valence-corrected chi connectivity index (χ0v) is 9.87. The highest BCUT2D eigenvalue weighted by Gasteiger charge is 2.33. The summed E-state index contributed by atoms with van der Waals surface area (Å²) in [7, 11) is 0. The number of benzene rings is 1. The molecule has 0 radical (unpaired) electrons. The van der Waals surface area contributed by atoms with Crippen LogP contribution in [-0.2, 0) is 15.3 Å². The third-order valence-electron chi connectivity index (χ3n) is 2.45. The van der Waals surface area contributed by atoms with Crippen LogP contribution in [0.5, 0.6) is 0 Å². The Hall–Kier alpha value is -0.890. The first-order chi connectivity index (χ1) is 7.15. The molecule has 0 unspecified atom stereocenters. The van der Waals surface area contributed by atoms with Crippen molar-refractivity contribution in [1.82, 2.24) is 0 Å². The third kappa shape index (κ3) is 1.91. The molecule has 1 fully saturated rings. The van der Waals surface area contributed by atoms with Crippen LogP contribution in [0, 0.1) is 11.3 Å². The van der Waals surface area contributed by atoms with Crippen molar-refractivity contribution in [3.05, 3.63) is 33.8 Å². The van der Waals surface area contributed by atoms with Crippen molar-refractivity contribution >= 4 is 15.9 Å². The van der Waals surface area contributed by atoms with Crippen LogP contribution >= 0.6 is 15.9 Å². The highest BCUT2D eigenvalue weighted by Crippen LogP contribution is 2.33. The fraction of sp³-hybridized carbons (Fsp3) is 0.364. The molecule has 15 heavy (non-hydrogen) atoms. The zero-order valence-electron chi connectivity index (χ0n) is 8.29. The molecule has 1 aromatic carbocycles.